The summed E-state index contributed by atoms with van der Waals surface area (Å²) >= 11 is 0. The summed E-state index contributed by atoms with van der Waals surface area (Å²) in [5, 5.41) is 2.76. The van der Waals surface area contributed by atoms with Gasteiger partial charge in [0.15, 0.2) is 9.84 Å². The van der Waals surface area contributed by atoms with Crippen LogP contribution in [0.1, 0.15) is 28.0 Å². The van der Waals surface area contributed by atoms with E-state index in [2.05, 4.69) is 5.32 Å². The molecule has 1 aromatic heterocycles. The van der Waals surface area contributed by atoms with Gasteiger partial charge in [0, 0.05) is 29.3 Å². The molecule has 6 nitrogen and oxygen atoms in total. The number of ether oxygens (including phenoxy) is 1. The number of carbonyl (C=O) groups is 1. The molecule has 4 rings (SSSR count). The number of fused-ring (bicyclic) bond motifs is 1. The number of sulfone groups is 1. The standard InChI is InChI=1S/C23H21FN2O4S/c1-30-21-12-15(24)9-10-18(21)22-19(11-14-5-3-8-20(14)26-22)23(27)25-16-6-4-7-17(13-16)31(2,28)29/h4,6-7,9-13H,3,5,8H2,1-2H3,(H,25,27). The van der Waals surface area contributed by atoms with Gasteiger partial charge in [0.1, 0.15) is 11.6 Å². The number of anilines is 1. The topological polar surface area (TPSA) is 85.4 Å². The molecule has 1 N–H and O–H groups in total. The molecule has 2 aromatic carbocycles. The van der Waals surface area contributed by atoms with E-state index < -0.39 is 21.6 Å². The fourth-order valence-corrected chi connectivity index (χ4v) is 4.38. The second-order valence-corrected chi connectivity index (χ2v) is 9.46. The van der Waals surface area contributed by atoms with E-state index in [1.807, 2.05) is 6.07 Å². The molecule has 8 heteroatoms. The Bertz CT molecular complexity index is 1290. The molecular formula is C23H21FN2O4S. The lowest BCUT2D eigenvalue weighted by Gasteiger charge is -2.15. The second kappa shape index (κ2) is 8.11. The molecule has 31 heavy (non-hydrogen) atoms. The molecule has 1 aliphatic rings. The number of rotatable bonds is 5. The van der Waals surface area contributed by atoms with Crippen LogP contribution in [0.25, 0.3) is 11.3 Å². The van der Waals surface area contributed by atoms with Crippen LogP contribution in [0.3, 0.4) is 0 Å². The van der Waals surface area contributed by atoms with E-state index in [0.717, 1.165) is 36.8 Å². The van der Waals surface area contributed by atoms with Crippen molar-refractivity contribution < 1.29 is 22.3 Å². The Hall–Kier alpha value is -3.26. The maximum atomic E-state index is 13.7. The van der Waals surface area contributed by atoms with Crippen molar-refractivity contribution in [3.8, 4) is 17.0 Å². The van der Waals surface area contributed by atoms with Gasteiger partial charge in [0.05, 0.1) is 23.3 Å². The highest BCUT2D eigenvalue weighted by atomic mass is 32.2. The Morgan fingerprint density at radius 3 is 2.68 bits per heavy atom. The van der Waals surface area contributed by atoms with Crippen LogP contribution in [0, 0.1) is 5.82 Å². The maximum Gasteiger partial charge on any atom is 0.257 e. The van der Waals surface area contributed by atoms with E-state index in [1.54, 1.807) is 18.2 Å². The van der Waals surface area contributed by atoms with Gasteiger partial charge in [0.2, 0.25) is 0 Å². The zero-order chi connectivity index (χ0) is 22.2. The highest BCUT2D eigenvalue weighted by molar-refractivity contribution is 7.90. The van der Waals surface area contributed by atoms with E-state index in [9.17, 15) is 17.6 Å². The minimum atomic E-state index is -3.41. The fourth-order valence-electron chi connectivity index (χ4n) is 3.71. The Balaban J connectivity index is 1.79. The molecule has 3 aromatic rings. The van der Waals surface area contributed by atoms with Crippen molar-refractivity contribution in [2.45, 2.75) is 24.2 Å². The molecule has 0 aliphatic heterocycles. The van der Waals surface area contributed by atoms with Crippen molar-refractivity contribution in [2.75, 3.05) is 18.7 Å². The van der Waals surface area contributed by atoms with Crippen LogP contribution in [0.2, 0.25) is 0 Å². The SMILES string of the molecule is COc1cc(F)ccc1-c1nc2c(cc1C(=O)Nc1cccc(S(C)(=O)=O)c1)CCC2. The Kier molecular flexibility index (Phi) is 5.49. The largest absolute Gasteiger partial charge is 0.496 e. The minimum absolute atomic E-state index is 0.109. The summed E-state index contributed by atoms with van der Waals surface area (Å²) in [6.07, 6.45) is 3.69. The smallest absolute Gasteiger partial charge is 0.257 e. The number of nitrogens with zero attached hydrogens (tertiary/aromatic N) is 1. The van der Waals surface area contributed by atoms with Gasteiger partial charge >= 0.3 is 0 Å². The van der Waals surface area contributed by atoms with Crippen molar-refractivity contribution in [1.29, 1.82) is 0 Å². The van der Waals surface area contributed by atoms with E-state index in [0.29, 0.717) is 22.5 Å². The van der Waals surface area contributed by atoms with Crippen molar-refractivity contribution in [3.05, 3.63) is 71.2 Å². The van der Waals surface area contributed by atoms with Crippen LogP contribution in [0.15, 0.2) is 53.4 Å². The molecule has 0 saturated heterocycles. The van der Waals surface area contributed by atoms with E-state index >= 15 is 0 Å². The lowest BCUT2D eigenvalue weighted by atomic mass is 10.0. The summed E-state index contributed by atoms with van der Waals surface area (Å²) in [4.78, 5) is 18.1. The predicted octanol–water partition coefficient (Wildman–Crippen LogP) is 4.04. The molecule has 0 unspecified atom stereocenters. The lowest BCUT2D eigenvalue weighted by molar-refractivity contribution is 0.102. The molecule has 0 spiro atoms. The van der Waals surface area contributed by atoms with Gasteiger partial charge in [0.25, 0.3) is 5.91 Å². The van der Waals surface area contributed by atoms with E-state index in [4.69, 9.17) is 9.72 Å². The van der Waals surface area contributed by atoms with Crippen LogP contribution in [-0.4, -0.2) is 32.7 Å². The van der Waals surface area contributed by atoms with Gasteiger partial charge in [-0.2, -0.15) is 0 Å². The van der Waals surface area contributed by atoms with Gasteiger partial charge < -0.3 is 10.1 Å². The first kappa shape index (κ1) is 21.0. The average molecular weight is 440 g/mol. The molecule has 1 amide bonds. The number of aryl methyl sites for hydroxylation is 2. The van der Waals surface area contributed by atoms with Crippen molar-refractivity contribution in [2.24, 2.45) is 0 Å². The lowest BCUT2D eigenvalue weighted by Crippen LogP contribution is -2.15. The number of methoxy groups -OCH3 is 1. The highest BCUT2D eigenvalue weighted by Crippen LogP contribution is 2.35. The molecule has 1 heterocycles. The molecule has 0 atom stereocenters. The third-order valence-electron chi connectivity index (χ3n) is 5.23. The number of pyridine rings is 1. The minimum Gasteiger partial charge on any atom is -0.496 e. The van der Waals surface area contributed by atoms with Crippen LogP contribution >= 0.6 is 0 Å². The van der Waals surface area contributed by atoms with Gasteiger partial charge in [-0.1, -0.05) is 6.07 Å². The van der Waals surface area contributed by atoms with Gasteiger partial charge in [-0.3, -0.25) is 9.78 Å². The third kappa shape index (κ3) is 4.29. The number of hydrogen-bond donors (Lipinski definition) is 1. The molecule has 160 valence electrons. The number of halogens is 1. The normalized spacial score (nSPS) is 13.0. The van der Waals surface area contributed by atoms with Crippen LogP contribution in [0.5, 0.6) is 5.75 Å². The molecule has 0 fully saturated rings. The summed E-state index contributed by atoms with van der Waals surface area (Å²) in [7, 11) is -1.98. The molecular weight excluding hydrogens is 419 g/mol. The summed E-state index contributed by atoms with van der Waals surface area (Å²) in [5.74, 6) is -0.613. The fraction of sp³-hybridized carbons (Fsp3) is 0.217. The third-order valence-corrected chi connectivity index (χ3v) is 6.34. The number of benzene rings is 2. The Labute approximate surface area is 180 Å². The van der Waals surface area contributed by atoms with E-state index in [1.165, 1.54) is 31.4 Å². The van der Waals surface area contributed by atoms with Crippen LogP contribution < -0.4 is 10.1 Å². The van der Waals surface area contributed by atoms with Crippen molar-refractivity contribution >= 4 is 21.4 Å². The zero-order valence-corrected chi connectivity index (χ0v) is 17.9. The summed E-state index contributed by atoms with van der Waals surface area (Å²) in [6.45, 7) is 0. The number of aromatic nitrogens is 1. The second-order valence-electron chi connectivity index (χ2n) is 7.44. The van der Waals surface area contributed by atoms with Crippen molar-refractivity contribution in [1.82, 2.24) is 4.98 Å². The van der Waals surface area contributed by atoms with Gasteiger partial charge in [-0.05, 0) is 61.2 Å². The number of amides is 1. The molecule has 1 aliphatic carbocycles. The maximum absolute atomic E-state index is 13.7. The zero-order valence-electron chi connectivity index (χ0n) is 17.1. The molecule has 0 bridgehead atoms. The number of hydrogen-bond acceptors (Lipinski definition) is 5. The van der Waals surface area contributed by atoms with Crippen LogP contribution in [0.4, 0.5) is 10.1 Å². The predicted molar refractivity (Wildman–Crippen MR) is 116 cm³/mol. The quantitative estimate of drug-likeness (QED) is 0.647. The van der Waals surface area contributed by atoms with Gasteiger partial charge in [-0.25, -0.2) is 12.8 Å². The van der Waals surface area contributed by atoms with Crippen LogP contribution in [-0.2, 0) is 22.7 Å². The van der Waals surface area contributed by atoms with E-state index in [-0.39, 0.29) is 10.6 Å². The van der Waals surface area contributed by atoms with Gasteiger partial charge in [-0.15, -0.1) is 0 Å². The highest BCUT2D eigenvalue weighted by Gasteiger charge is 2.23. The first-order chi connectivity index (χ1) is 14.8. The number of carbonyl (C=O) groups excluding carboxylic acids is 1. The Morgan fingerprint density at radius 2 is 1.94 bits per heavy atom. The summed E-state index contributed by atoms with van der Waals surface area (Å²) in [6, 6.07) is 12.0. The molecule has 0 saturated carbocycles. The summed E-state index contributed by atoms with van der Waals surface area (Å²) in [5.41, 5.74) is 3.49. The number of nitrogens with one attached hydrogen (secondary N) is 1. The average Bonchev–Trinajstić information content (AvgIpc) is 3.20. The first-order valence-corrected chi connectivity index (χ1v) is 11.6. The monoisotopic (exact) mass is 440 g/mol. The summed E-state index contributed by atoms with van der Waals surface area (Å²) < 4.78 is 42.7. The van der Waals surface area contributed by atoms with Crippen molar-refractivity contribution in [3.63, 3.8) is 0 Å². The Morgan fingerprint density at radius 1 is 1.13 bits per heavy atom. The first-order valence-electron chi connectivity index (χ1n) is 9.74. The molecule has 0 radical (unpaired) electrons.